The van der Waals surface area contributed by atoms with Crippen molar-refractivity contribution < 1.29 is 9.59 Å². The molecule has 0 unspecified atom stereocenters. The van der Waals surface area contributed by atoms with Crippen molar-refractivity contribution in [1.29, 1.82) is 0 Å². The van der Waals surface area contributed by atoms with Crippen LogP contribution in [0, 0.1) is 0 Å². The number of anilines is 2. The molecule has 0 N–H and O–H groups in total. The van der Waals surface area contributed by atoms with Gasteiger partial charge < -0.3 is 9.80 Å². The first-order valence-electron chi connectivity index (χ1n) is 11.9. The van der Waals surface area contributed by atoms with Crippen molar-refractivity contribution in [3.05, 3.63) is 65.2 Å². The first kappa shape index (κ1) is 23.3. The summed E-state index contributed by atoms with van der Waals surface area (Å²) in [7, 11) is 0. The Kier molecular flexibility index (Phi) is 5.35. The lowest BCUT2D eigenvalue weighted by Crippen LogP contribution is -2.55. The normalized spacial score (nSPS) is 22.8. The Morgan fingerprint density at radius 3 is 2.24 bits per heavy atom. The van der Waals surface area contributed by atoms with Crippen molar-refractivity contribution in [3.8, 4) is 0 Å². The molecule has 2 aliphatic rings. The zero-order valence-electron chi connectivity index (χ0n) is 21.2. The van der Waals surface area contributed by atoms with E-state index in [1.807, 2.05) is 22.8 Å². The lowest BCUT2D eigenvalue weighted by molar-refractivity contribution is -0.119. The molecule has 4 nitrogen and oxygen atoms in total. The zero-order valence-corrected chi connectivity index (χ0v) is 21.2. The predicted octanol–water partition coefficient (Wildman–Crippen LogP) is 6.47. The predicted molar refractivity (Wildman–Crippen MR) is 137 cm³/mol. The van der Waals surface area contributed by atoms with Crippen molar-refractivity contribution in [2.24, 2.45) is 0 Å². The fraction of sp³-hybridized carbons (Fsp3) is 0.448. The van der Waals surface area contributed by atoms with Crippen LogP contribution in [0.25, 0.3) is 5.57 Å². The molecule has 2 aromatic rings. The van der Waals surface area contributed by atoms with E-state index in [2.05, 4.69) is 84.0 Å². The van der Waals surface area contributed by atoms with Crippen LogP contribution in [0.5, 0.6) is 0 Å². The Morgan fingerprint density at radius 2 is 1.61 bits per heavy atom. The van der Waals surface area contributed by atoms with Gasteiger partial charge in [0.1, 0.15) is 0 Å². The summed E-state index contributed by atoms with van der Waals surface area (Å²) in [6.07, 6.45) is 3.48. The van der Waals surface area contributed by atoms with E-state index in [4.69, 9.17) is 0 Å². The van der Waals surface area contributed by atoms with Crippen molar-refractivity contribution in [2.75, 3.05) is 9.80 Å². The van der Waals surface area contributed by atoms with Gasteiger partial charge in [-0.25, -0.2) is 0 Å². The second-order valence-corrected chi connectivity index (χ2v) is 11.0. The van der Waals surface area contributed by atoms with E-state index >= 15 is 0 Å². The monoisotopic (exact) mass is 444 g/mol. The molecular formula is C29H36N2O2. The Bertz CT molecular complexity index is 1170. The summed E-state index contributed by atoms with van der Waals surface area (Å²) in [5.74, 6) is 0.194. The zero-order chi connectivity index (χ0) is 24.3. The number of nitrogens with zero attached hydrogens (tertiary/aromatic N) is 2. The standard InChI is InChI=1S/C29H36N2O2/c1-9-26(33)31-24-15-14-21(16-22(24)19(2)17-27(31,4)5)29(8)18-28(6,7)30(20(3)32)25-13-11-10-12-23(25)29/h10-17H,9,18H2,1-8H3/t29-/m1/s1. The van der Waals surface area contributed by atoms with E-state index in [0.29, 0.717) is 6.42 Å². The molecule has 2 aromatic carbocycles. The number of amides is 2. The van der Waals surface area contributed by atoms with Gasteiger partial charge in [0, 0.05) is 35.5 Å². The number of carbonyl (C=O) groups excluding carboxylic acids is 2. The van der Waals surface area contributed by atoms with Gasteiger partial charge in [-0.1, -0.05) is 44.2 Å². The SMILES string of the molecule is CCC(=O)N1c2ccc([C@@]3(C)CC(C)(C)N(C(C)=O)c4ccccc43)cc2C(C)=CC1(C)C. The third-order valence-electron chi connectivity index (χ3n) is 7.44. The second-order valence-electron chi connectivity index (χ2n) is 11.0. The molecule has 2 aliphatic heterocycles. The molecule has 4 rings (SSSR count). The smallest absolute Gasteiger partial charge is 0.227 e. The van der Waals surface area contributed by atoms with E-state index < -0.39 is 0 Å². The highest BCUT2D eigenvalue weighted by molar-refractivity contribution is 6.00. The van der Waals surface area contributed by atoms with E-state index in [1.165, 1.54) is 16.7 Å². The Balaban J connectivity index is 1.92. The van der Waals surface area contributed by atoms with Gasteiger partial charge in [-0.05, 0) is 75.9 Å². The summed E-state index contributed by atoms with van der Waals surface area (Å²) >= 11 is 0. The minimum atomic E-state index is -0.364. The third-order valence-corrected chi connectivity index (χ3v) is 7.44. The Labute approximate surface area is 198 Å². The van der Waals surface area contributed by atoms with Crippen LogP contribution < -0.4 is 9.80 Å². The summed E-state index contributed by atoms with van der Waals surface area (Å²) in [4.78, 5) is 29.4. The molecule has 0 aliphatic carbocycles. The van der Waals surface area contributed by atoms with Crippen LogP contribution >= 0.6 is 0 Å². The molecule has 1 atom stereocenters. The average Bonchev–Trinajstić information content (AvgIpc) is 2.71. The third kappa shape index (κ3) is 3.51. The van der Waals surface area contributed by atoms with Gasteiger partial charge in [-0.3, -0.25) is 9.59 Å². The highest BCUT2D eigenvalue weighted by Crippen LogP contribution is 2.51. The maximum atomic E-state index is 12.9. The van der Waals surface area contributed by atoms with E-state index in [-0.39, 0.29) is 28.3 Å². The summed E-state index contributed by atoms with van der Waals surface area (Å²) in [5.41, 5.74) is 5.67. The number of rotatable bonds is 2. The number of para-hydroxylation sites is 1. The molecule has 0 fully saturated rings. The maximum Gasteiger partial charge on any atom is 0.227 e. The number of hydrogen-bond donors (Lipinski definition) is 0. The molecule has 2 amide bonds. The summed E-state index contributed by atoms with van der Waals surface area (Å²) in [6, 6.07) is 14.8. The molecule has 33 heavy (non-hydrogen) atoms. The molecule has 0 saturated carbocycles. The molecule has 0 aromatic heterocycles. The summed E-state index contributed by atoms with van der Waals surface area (Å²) < 4.78 is 0. The Morgan fingerprint density at radius 1 is 0.939 bits per heavy atom. The highest BCUT2D eigenvalue weighted by Gasteiger charge is 2.47. The van der Waals surface area contributed by atoms with Gasteiger partial charge in [0.2, 0.25) is 11.8 Å². The van der Waals surface area contributed by atoms with E-state index in [0.717, 1.165) is 23.4 Å². The topological polar surface area (TPSA) is 40.6 Å². The van der Waals surface area contributed by atoms with Gasteiger partial charge in [-0.15, -0.1) is 0 Å². The summed E-state index contributed by atoms with van der Waals surface area (Å²) in [6.45, 7) is 16.5. The highest BCUT2D eigenvalue weighted by atomic mass is 16.2. The fourth-order valence-electron chi connectivity index (χ4n) is 6.34. The van der Waals surface area contributed by atoms with Crippen LogP contribution in [0.2, 0.25) is 0 Å². The fourth-order valence-corrected chi connectivity index (χ4v) is 6.34. The number of benzene rings is 2. The van der Waals surface area contributed by atoms with Crippen LogP contribution in [-0.2, 0) is 15.0 Å². The molecule has 0 bridgehead atoms. The minimum Gasteiger partial charge on any atom is -0.307 e. The van der Waals surface area contributed by atoms with Crippen molar-refractivity contribution in [2.45, 2.75) is 84.7 Å². The number of allylic oxidation sites excluding steroid dienone is 1. The molecule has 0 radical (unpaired) electrons. The number of hydrogen-bond acceptors (Lipinski definition) is 2. The Hall–Kier alpha value is -2.88. The van der Waals surface area contributed by atoms with Gasteiger partial charge in [0.15, 0.2) is 0 Å². The molecule has 2 heterocycles. The quantitative estimate of drug-likeness (QED) is 0.533. The van der Waals surface area contributed by atoms with Crippen molar-refractivity contribution >= 4 is 28.8 Å². The minimum absolute atomic E-state index is 0.0645. The first-order chi connectivity index (χ1) is 15.3. The maximum absolute atomic E-state index is 12.9. The van der Waals surface area contributed by atoms with Crippen LogP contribution in [-0.4, -0.2) is 22.9 Å². The van der Waals surface area contributed by atoms with E-state index in [9.17, 15) is 9.59 Å². The molecular weight excluding hydrogens is 408 g/mol. The second kappa shape index (κ2) is 7.58. The van der Waals surface area contributed by atoms with Gasteiger partial charge in [-0.2, -0.15) is 0 Å². The van der Waals surface area contributed by atoms with Crippen LogP contribution in [0.15, 0.2) is 48.5 Å². The first-order valence-corrected chi connectivity index (χ1v) is 11.9. The lowest BCUT2D eigenvalue weighted by Gasteiger charge is -2.51. The van der Waals surface area contributed by atoms with Crippen LogP contribution in [0.1, 0.15) is 84.9 Å². The van der Waals surface area contributed by atoms with Crippen LogP contribution in [0.4, 0.5) is 11.4 Å². The number of fused-ring (bicyclic) bond motifs is 2. The van der Waals surface area contributed by atoms with Crippen molar-refractivity contribution in [1.82, 2.24) is 0 Å². The molecule has 0 saturated heterocycles. The van der Waals surface area contributed by atoms with Gasteiger partial charge >= 0.3 is 0 Å². The van der Waals surface area contributed by atoms with E-state index in [1.54, 1.807) is 6.92 Å². The summed E-state index contributed by atoms with van der Waals surface area (Å²) in [5, 5.41) is 0. The van der Waals surface area contributed by atoms with Crippen LogP contribution in [0.3, 0.4) is 0 Å². The molecule has 0 spiro atoms. The molecule has 4 heteroatoms. The van der Waals surface area contributed by atoms with Gasteiger partial charge in [0.25, 0.3) is 0 Å². The number of carbonyl (C=O) groups is 2. The molecule has 174 valence electrons. The van der Waals surface area contributed by atoms with Crippen molar-refractivity contribution in [3.63, 3.8) is 0 Å². The van der Waals surface area contributed by atoms with Gasteiger partial charge in [0.05, 0.1) is 11.2 Å². The lowest BCUT2D eigenvalue weighted by atomic mass is 9.64. The largest absolute Gasteiger partial charge is 0.307 e. The average molecular weight is 445 g/mol.